The monoisotopic (exact) mass is 460 g/mol. The van der Waals surface area contributed by atoms with Gasteiger partial charge in [0.2, 0.25) is 0 Å². The van der Waals surface area contributed by atoms with Crippen LogP contribution >= 0.6 is 0 Å². The Morgan fingerprint density at radius 3 is 2.50 bits per heavy atom. The van der Waals surface area contributed by atoms with Crippen LogP contribution in [0.4, 0.5) is 0 Å². The minimum atomic E-state index is -0.288. The van der Waals surface area contributed by atoms with Crippen LogP contribution in [0.25, 0.3) is 0 Å². The SMILES string of the molecule is CO[C@H]1[C@H](NC(=O)COc2ccccc2)c2ccccc2C12CCN(C(=O)c1ccoc1)CC2. The molecule has 1 aliphatic heterocycles. The second kappa shape index (κ2) is 9.35. The van der Waals surface area contributed by atoms with E-state index in [1.807, 2.05) is 47.4 Å². The Labute approximate surface area is 198 Å². The van der Waals surface area contributed by atoms with Gasteiger partial charge in [-0.05, 0) is 42.2 Å². The molecule has 34 heavy (non-hydrogen) atoms. The van der Waals surface area contributed by atoms with E-state index >= 15 is 0 Å². The third-order valence-corrected chi connectivity index (χ3v) is 7.07. The quantitative estimate of drug-likeness (QED) is 0.607. The van der Waals surface area contributed by atoms with Gasteiger partial charge in [0.05, 0.1) is 24.0 Å². The van der Waals surface area contributed by atoms with Crippen LogP contribution in [0.3, 0.4) is 0 Å². The molecule has 2 atom stereocenters. The zero-order valence-electron chi connectivity index (χ0n) is 19.1. The van der Waals surface area contributed by atoms with Crippen molar-refractivity contribution in [1.82, 2.24) is 10.2 Å². The summed E-state index contributed by atoms with van der Waals surface area (Å²) in [7, 11) is 1.70. The van der Waals surface area contributed by atoms with Crippen LogP contribution in [0.15, 0.2) is 77.6 Å². The van der Waals surface area contributed by atoms with E-state index in [1.54, 1.807) is 13.2 Å². The standard InChI is InChI=1S/C27H28N2O5/c1-32-25-24(28-23(30)18-34-20-7-3-2-4-8-20)21-9-5-6-10-22(21)27(25)12-14-29(15-13-27)26(31)19-11-16-33-17-19/h2-11,16-17,24-25H,12-15,18H2,1H3,(H,28,30)/t24-,25+/m1/s1. The summed E-state index contributed by atoms with van der Waals surface area (Å²) in [6, 6.07) is 18.9. The van der Waals surface area contributed by atoms with Crippen molar-refractivity contribution in [3.8, 4) is 5.75 Å². The highest BCUT2D eigenvalue weighted by atomic mass is 16.5. The second-order valence-electron chi connectivity index (χ2n) is 8.85. The van der Waals surface area contributed by atoms with Crippen LogP contribution < -0.4 is 10.1 Å². The Morgan fingerprint density at radius 1 is 1.06 bits per heavy atom. The summed E-state index contributed by atoms with van der Waals surface area (Å²) in [6.07, 6.45) is 4.26. The number of nitrogens with one attached hydrogen (secondary N) is 1. The van der Waals surface area contributed by atoms with Crippen molar-refractivity contribution < 1.29 is 23.5 Å². The smallest absolute Gasteiger partial charge is 0.258 e. The number of ether oxygens (including phenoxy) is 2. The first-order valence-electron chi connectivity index (χ1n) is 11.5. The summed E-state index contributed by atoms with van der Waals surface area (Å²) in [5.41, 5.74) is 2.54. The number of hydrogen-bond acceptors (Lipinski definition) is 5. The predicted molar refractivity (Wildman–Crippen MR) is 126 cm³/mol. The van der Waals surface area contributed by atoms with Crippen LogP contribution in [0, 0.1) is 0 Å². The van der Waals surface area contributed by atoms with E-state index in [2.05, 4.69) is 17.4 Å². The molecule has 176 valence electrons. The molecular formula is C27H28N2O5. The molecule has 2 aromatic carbocycles. The number of nitrogens with zero attached hydrogens (tertiary/aromatic N) is 1. The molecule has 5 rings (SSSR count). The van der Waals surface area contributed by atoms with E-state index in [0.717, 1.165) is 18.4 Å². The summed E-state index contributed by atoms with van der Waals surface area (Å²) in [4.78, 5) is 27.5. The lowest BCUT2D eigenvalue weighted by Crippen LogP contribution is -2.52. The highest BCUT2D eigenvalue weighted by Crippen LogP contribution is 2.52. The molecule has 0 radical (unpaired) electrons. The van der Waals surface area contributed by atoms with Crippen LogP contribution in [0.1, 0.15) is 40.4 Å². The Kier molecular flexibility index (Phi) is 6.11. The topological polar surface area (TPSA) is 81.0 Å². The van der Waals surface area contributed by atoms with Crippen molar-refractivity contribution in [1.29, 1.82) is 0 Å². The van der Waals surface area contributed by atoms with Crippen molar-refractivity contribution in [2.45, 2.75) is 30.4 Å². The highest BCUT2D eigenvalue weighted by molar-refractivity contribution is 5.93. The highest BCUT2D eigenvalue weighted by Gasteiger charge is 2.54. The maximum Gasteiger partial charge on any atom is 0.258 e. The first-order chi connectivity index (χ1) is 16.6. The van der Waals surface area contributed by atoms with E-state index in [1.165, 1.54) is 18.1 Å². The molecule has 1 spiro atoms. The summed E-state index contributed by atoms with van der Waals surface area (Å²) in [6.45, 7) is 1.14. The Balaban J connectivity index is 1.33. The number of fused-ring (bicyclic) bond motifs is 2. The second-order valence-corrected chi connectivity index (χ2v) is 8.85. The maximum atomic E-state index is 12.8. The molecule has 1 N–H and O–H groups in total. The van der Waals surface area contributed by atoms with Gasteiger partial charge in [0, 0.05) is 25.6 Å². The lowest BCUT2D eigenvalue weighted by atomic mass is 9.71. The minimum absolute atomic E-state index is 0.0215. The molecule has 2 aliphatic rings. The Morgan fingerprint density at radius 2 is 1.79 bits per heavy atom. The number of benzene rings is 2. The number of piperidine rings is 1. The molecule has 1 fully saturated rings. The van der Waals surface area contributed by atoms with Crippen molar-refractivity contribution >= 4 is 11.8 Å². The number of rotatable bonds is 6. The average Bonchev–Trinajstić information content (AvgIpc) is 3.50. The van der Waals surface area contributed by atoms with Gasteiger partial charge in [-0.1, -0.05) is 42.5 Å². The van der Waals surface area contributed by atoms with Crippen molar-refractivity contribution in [2.24, 2.45) is 0 Å². The van der Waals surface area contributed by atoms with Gasteiger partial charge in [0.25, 0.3) is 11.8 Å². The Hall–Kier alpha value is -3.58. The zero-order valence-corrected chi connectivity index (χ0v) is 19.1. The summed E-state index contributed by atoms with van der Waals surface area (Å²) >= 11 is 0. The fourth-order valence-electron chi connectivity index (χ4n) is 5.48. The van der Waals surface area contributed by atoms with E-state index in [9.17, 15) is 9.59 Å². The molecule has 1 aliphatic carbocycles. The van der Waals surface area contributed by atoms with E-state index in [0.29, 0.717) is 24.4 Å². The summed E-state index contributed by atoms with van der Waals surface area (Å²) in [5, 5.41) is 3.15. The predicted octanol–water partition coefficient (Wildman–Crippen LogP) is 3.72. The van der Waals surface area contributed by atoms with Crippen LogP contribution in [0.5, 0.6) is 5.75 Å². The van der Waals surface area contributed by atoms with Crippen molar-refractivity contribution in [2.75, 3.05) is 26.8 Å². The molecule has 2 amide bonds. The lowest BCUT2D eigenvalue weighted by molar-refractivity contribution is -0.125. The number of hydrogen-bond donors (Lipinski definition) is 1. The van der Waals surface area contributed by atoms with Gasteiger partial charge in [-0.25, -0.2) is 0 Å². The van der Waals surface area contributed by atoms with Crippen LogP contribution in [-0.2, 0) is 14.9 Å². The van der Waals surface area contributed by atoms with Crippen LogP contribution in [-0.4, -0.2) is 49.6 Å². The minimum Gasteiger partial charge on any atom is -0.484 e. The summed E-state index contributed by atoms with van der Waals surface area (Å²) in [5.74, 6) is 0.431. The zero-order chi connectivity index (χ0) is 23.5. The van der Waals surface area contributed by atoms with Crippen molar-refractivity contribution in [3.63, 3.8) is 0 Å². The van der Waals surface area contributed by atoms with Gasteiger partial charge in [0.15, 0.2) is 6.61 Å². The van der Waals surface area contributed by atoms with Crippen molar-refractivity contribution in [3.05, 3.63) is 89.9 Å². The van der Waals surface area contributed by atoms with E-state index in [4.69, 9.17) is 13.9 Å². The lowest BCUT2D eigenvalue weighted by Gasteiger charge is -2.44. The van der Waals surface area contributed by atoms with Gasteiger partial charge >= 0.3 is 0 Å². The fraction of sp³-hybridized carbons (Fsp3) is 0.333. The number of carbonyl (C=O) groups excluding carboxylic acids is 2. The molecule has 1 saturated heterocycles. The third-order valence-electron chi connectivity index (χ3n) is 7.07. The first-order valence-corrected chi connectivity index (χ1v) is 11.5. The van der Waals surface area contributed by atoms with Gasteiger partial charge in [-0.2, -0.15) is 0 Å². The molecule has 0 bridgehead atoms. The number of methoxy groups -OCH3 is 1. The molecule has 0 saturated carbocycles. The van der Waals surface area contributed by atoms with Gasteiger partial charge in [0.1, 0.15) is 12.0 Å². The summed E-state index contributed by atoms with van der Waals surface area (Å²) < 4.78 is 16.8. The molecule has 0 unspecified atom stereocenters. The average molecular weight is 461 g/mol. The normalized spacial score (nSPS) is 20.7. The molecule has 2 heterocycles. The molecule has 7 nitrogen and oxygen atoms in total. The fourth-order valence-corrected chi connectivity index (χ4v) is 5.48. The first kappa shape index (κ1) is 22.2. The van der Waals surface area contributed by atoms with E-state index in [-0.39, 0.29) is 36.0 Å². The Bertz CT molecular complexity index is 1140. The molecular weight excluding hydrogens is 432 g/mol. The van der Waals surface area contributed by atoms with E-state index < -0.39 is 0 Å². The number of para-hydroxylation sites is 1. The number of carbonyl (C=O) groups is 2. The number of amides is 2. The molecule has 7 heteroatoms. The number of furan rings is 1. The maximum absolute atomic E-state index is 12.8. The molecule has 1 aromatic heterocycles. The van der Waals surface area contributed by atoms with Gasteiger partial charge in [-0.3, -0.25) is 9.59 Å². The number of likely N-dealkylation sites (tertiary alicyclic amines) is 1. The largest absolute Gasteiger partial charge is 0.484 e. The molecule has 3 aromatic rings. The van der Waals surface area contributed by atoms with Gasteiger partial charge < -0.3 is 24.1 Å². The van der Waals surface area contributed by atoms with Gasteiger partial charge in [-0.15, -0.1) is 0 Å². The third kappa shape index (κ3) is 3.96. The van der Waals surface area contributed by atoms with Crippen LogP contribution in [0.2, 0.25) is 0 Å².